The molecule has 108 valence electrons. The van der Waals surface area contributed by atoms with Gasteiger partial charge in [-0.3, -0.25) is 0 Å². The highest BCUT2D eigenvalue weighted by atomic mass is 32.1. The normalized spacial score (nSPS) is 11.4. The van der Waals surface area contributed by atoms with E-state index in [2.05, 4.69) is 48.4 Å². The molecule has 0 saturated carbocycles. The molecule has 0 amide bonds. The van der Waals surface area contributed by atoms with E-state index in [9.17, 15) is 5.26 Å². The zero-order valence-corrected chi connectivity index (χ0v) is 13.2. The van der Waals surface area contributed by atoms with Crippen LogP contribution >= 0.6 is 11.3 Å². The van der Waals surface area contributed by atoms with Crippen LogP contribution in [0.5, 0.6) is 0 Å². The molecule has 22 heavy (non-hydrogen) atoms. The smallest absolute Gasteiger partial charge is 0.136 e. The van der Waals surface area contributed by atoms with Crippen molar-refractivity contribution in [2.45, 2.75) is 13.8 Å². The third-order valence-corrected chi connectivity index (χ3v) is 4.32. The second-order valence-electron chi connectivity index (χ2n) is 5.18. The predicted octanol–water partition coefficient (Wildman–Crippen LogP) is 4.89. The lowest BCUT2D eigenvalue weighted by Crippen LogP contribution is -1.92. The maximum Gasteiger partial charge on any atom is 0.136 e. The van der Waals surface area contributed by atoms with Gasteiger partial charge in [-0.1, -0.05) is 18.2 Å². The standard InChI is InChI=1S/C18H15N3S/c1-12-7-13(2)9-15(8-12)20-11-14(10-19)18-21-16-5-3-4-6-17(16)22-18/h3-9,11,20H,1-2H3/b14-11+. The van der Waals surface area contributed by atoms with Crippen LogP contribution in [0.1, 0.15) is 16.1 Å². The number of hydrogen-bond donors (Lipinski definition) is 1. The molecule has 0 unspecified atom stereocenters. The summed E-state index contributed by atoms with van der Waals surface area (Å²) >= 11 is 1.53. The van der Waals surface area contributed by atoms with Crippen LogP contribution in [0.3, 0.4) is 0 Å². The number of allylic oxidation sites excluding steroid dienone is 1. The number of nitriles is 1. The quantitative estimate of drug-likeness (QED) is 0.701. The Morgan fingerprint density at radius 2 is 1.91 bits per heavy atom. The largest absolute Gasteiger partial charge is 0.360 e. The van der Waals surface area contributed by atoms with Crippen LogP contribution in [-0.4, -0.2) is 4.98 Å². The molecule has 0 bridgehead atoms. The topological polar surface area (TPSA) is 48.7 Å². The molecule has 0 aliphatic heterocycles. The van der Waals surface area contributed by atoms with Gasteiger partial charge in [0.1, 0.15) is 16.6 Å². The van der Waals surface area contributed by atoms with Crippen LogP contribution in [0.15, 0.2) is 48.7 Å². The van der Waals surface area contributed by atoms with Crippen molar-refractivity contribution in [1.82, 2.24) is 4.98 Å². The molecule has 0 atom stereocenters. The third kappa shape index (κ3) is 3.00. The number of hydrogen-bond acceptors (Lipinski definition) is 4. The van der Waals surface area contributed by atoms with Crippen molar-refractivity contribution in [2.75, 3.05) is 5.32 Å². The molecule has 1 aromatic heterocycles. The van der Waals surface area contributed by atoms with Gasteiger partial charge in [0.05, 0.1) is 10.2 Å². The van der Waals surface area contributed by atoms with Crippen LogP contribution < -0.4 is 5.32 Å². The van der Waals surface area contributed by atoms with Crippen molar-refractivity contribution < 1.29 is 0 Å². The van der Waals surface area contributed by atoms with Crippen LogP contribution in [0.2, 0.25) is 0 Å². The number of anilines is 1. The highest BCUT2D eigenvalue weighted by molar-refractivity contribution is 7.19. The molecular weight excluding hydrogens is 290 g/mol. The maximum absolute atomic E-state index is 9.40. The molecule has 4 heteroatoms. The Balaban J connectivity index is 1.91. The Kier molecular flexibility index (Phi) is 3.90. The van der Waals surface area contributed by atoms with Crippen LogP contribution in [-0.2, 0) is 0 Å². The molecule has 2 aromatic carbocycles. The van der Waals surface area contributed by atoms with Crippen molar-refractivity contribution in [3.05, 3.63) is 64.8 Å². The summed E-state index contributed by atoms with van der Waals surface area (Å²) in [5.74, 6) is 0. The van der Waals surface area contributed by atoms with Gasteiger partial charge in [0.15, 0.2) is 0 Å². The zero-order chi connectivity index (χ0) is 15.5. The minimum atomic E-state index is 0.542. The first-order chi connectivity index (χ1) is 10.7. The number of aryl methyl sites for hydroxylation is 2. The van der Waals surface area contributed by atoms with Crippen LogP contribution in [0, 0.1) is 25.2 Å². The fraction of sp³-hybridized carbons (Fsp3) is 0.111. The molecule has 1 N–H and O–H groups in total. The van der Waals surface area contributed by atoms with Gasteiger partial charge in [-0.15, -0.1) is 11.3 Å². The van der Waals surface area contributed by atoms with Crippen molar-refractivity contribution in [3.8, 4) is 6.07 Å². The van der Waals surface area contributed by atoms with Crippen molar-refractivity contribution in [1.29, 1.82) is 5.26 Å². The molecule has 0 fully saturated rings. The summed E-state index contributed by atoms with van der Waals surface area (Å²) in [5, 5.41) is 13.3. The molecule has 0 aliphatic carbocycles. The second kappa shape index (κ2) is 6.00. The number of rotatable bonds is 3. The first kappa shape index (κ1) is 14.3. The van der Waals surface area contributed by atoms with E-state index in [-0.39, 0.29) is 0 Å². The number of thiazole rings is 1. The number of benzene rings is 2. The summed E-state index contributed by atoms with van der Waals surface area (Å²) in [6.45, 7) is 4.11. The summed E-state index contributed by atoms with van der Waals surface area (Å²) in [6, 6.07) is 16.4. The van der Waals surface area contributed by atoms with E-state index in [0.717, 1.165) is 20.9 Å². The molecular formula is C18H15N3S. The second-order valence-corrected chi connectivity index (χ2v) is 6.21. The van der Waals surface area contributed by atoms with E-state index in [0.29, 0.717) is 5.57 Å². The minimum absolute atomic E-state index is 0.542. The molecule has 0 aliphatic rings. The number of aromatic nitrogens is 1. The van der Waals surface area contributed by atoms with E-state index in [1.54, 1.807) is 6.20 Å². The molecule has 3 nitrogen and oxygen atoms in total. The van der Waals surface area contributed by atoms with Gasteiger partial charge in [-0.05, 0) is 49.2 Å². The summed E-state index contributed by atoms with van der Waals surface area (Å²) in [6.07, 6.45) is 1.73. The fourth-order valence-electron chi connectivity index (χ4n) is 2.34. The Morgan fingerprint density at radius 1 is 1.18 bits per heavy atom. The van der Waals surface area contributed by atoms with Gasteiger partial charge in [-0.25, -0.2) is 4.98 Å². The maximum atomic E-state index is 9.40. The van der Waals surface area contributed by atoms with Gasteiger partial charge >= 0.3 is 0 Å². The summed E-state index contributed by atoms with van der Waals surface area (Å²) in [7, 11) is 0. The first-order valence-electron chi connectivity index (χ1n) is 6.97. The molecule has 3 rings (SSSR count). The van der Waals surface area contributed by atoms with Gasteiger partial charge in [-0.2, -0.15) is 5.26 Å². The van der Waals surface area contributed by atoms with Gasteiger partial charge in [0.2, 0.25) is 0 Å². The lowest BCUT2D eigenvalue weighted by atomic mass is 10.1. The lowest BCUT2D eigenvalue weighted by Gasteiger charge is -2.04. The molecule has 0 radical (unpaired) electrons. The van der Waals surface area contributed by atoms with E-state index in [1.807, 2.05) is 24.3 Å². The Bertz CT molecular complexity index is 847. The molecule has 3 aromatic rings. The van der Waals surface area contributed by atoms with Crippen LogP contribution in [0.4, 0.5) is 5.69 Å². The number of fused-ring (bicyclic) bond motifs is 1. The zero-order valence-electron chi connectivity index (χ0n) is 12.4. The van der Waals surface area contributed by atoms with E-state index in [1.165, 1.54) is 22.5 Å². The highest BCUT2D eigenvalue weighted by Crippen LogP contribution is 2.26. The predicted molar refractivity (Wildman–Crippen MR) is 92.7 cm³/mol. The average molecular weight is 305 g/mol. The fourth-order valence-corrected chi connectivity index (χ4v) is 3.27. The number of para-hydroxylation sites is 1. The van der Waals surface area contributed by atoms with Crippen molar-refractivity contribution in [3.63, 3.8) is 0 Å². The highest BCUT2D eigenvalue weighted by Gasteiger charge is 2.08. The van der Waals surface area contributed by atoms with Crippen molar-refractivity contribution >= 4 is 32.8 Å². The van der Waals surface area contributed by atoms with Crippen molar-refractivity contribution in [2.24, 2.45) is 0 Å². The lowest BCUT2D eigenvalue weighted by molar-refractivity contribution is 1.37. The van der Waals surface area contributed by atoms with Crippen LogP contribution in [0.25, 0.3) is 15.8 Å². The molecule has 1 heterocycles. The van der Waals surface area contributed by atoms with E-state index >= 15 is 0 Å². The van der Waals surface area contributed by atoms with E-state index < -0.39 is 0 Å². The van der Waals surface area contributed by atoms with Gasteiger partial charge < -0.3 is 5.32 Å². The average Bonchev–Trinajstić information content (AvgIpc) is 2.90. The summed E-state index contributed by atoms with van der Waals surface area (Å²) in [4.78, 5) is 4.52. The third-order valence-electron chi connectivity index (χ3n) is 3.25. The number of nitrogens with zero attached hydrogens (tertiary/aromatic N) is 2. The SMILES string of the molecule is Cc1cc(C)cc(N/C=C(\C#N)c2nc3ccccc3s2)c1. The van der Waals surface area contributed by atoms with Gasteiger partial charge in [0, 0.05) is 11.9 Å². The summed E-state index contributed by atoms with van der Waals surface area (Å²) in [5.41, 5.74) is 4.82. The molecule has 0 saturated heterocycles. The van der Waals surface area contributed by atoms with Gasteiger partial charge in [0.25, 0.3) is 0 Å². The first-order valence-corrected chi connectivity index (χ1v) is 7.78. The Labute approximate surface area is 133 Å². The Morgan fingerprint density at radius 3 is 2.59 bits per heavy atom. The number of nitrogens with one attached hydrogen (secondary N) is 1. The minimum Gasteiger partial charge on any atom is -0.360 e. The Hall–Kier alpha value is -2.64. The monoisotopic (exact) mass is 305 g/mol. The van der Waals surface area contributed by atoms with E-state index in [4.69, 9.17) is 0 Å². The molecule has 0 spiro atoms. The summed E-state index contributed by atoms with van der Waals surface area (Å²) < 4.78 is 1.09.